The van der Waals surface area contributed by atoms with Crippen LogP contribution in [0.15, 0.2) is 47.8 Å². The third-order valence-electron chi connectivity index (χ3n) is 7.46. The van der Waals surface area contributed by atoms with Gasteiger partial charge in [0, 0.05) is 49.9 Å². The first-order chi connectivity index (χ1) is 16.6. The molecule has 0 saturated carbocycles. The molecule has 0 aliphatic carbocycles. The topological polar surface area (TPSA) is 70.2 Å². The van der Waals surface area contributed by atoms with Crippen LogP contribution in [0.4, 0.5) is 0 Å². The van der Waals surface area contributed by atoms with Gasteiger partial charge in [-0.3, -0.25) is 24.2 Å². The molecule has 8 heteroatoms. The molecule has 7 nitrogen and oxygen atoms in total. The molecule has 1 atom stereocenters. The summed E-state index contributed by atoms with van der Waals surface area (Å²) >= 11 is 1.53. The number of rotatable bonds is 6. The number of thiophene rings is 1. The summed E-state index contributed by atoms with van der Waals surface area (Å²) in [7, 11) is 0. The number of carbonyl (C=O) groups is 3. The smallest absolute Gasteiger partial charge is 0.241 e. The average Bonchev–Trinajstić information content (AvgIpc) is 3.48. The molecule has 1 aromatic heterocycles. The first-order valence-corrected chi connectivity index (χ1v) is 13.0. The van der Waals surface area contributed by atoms with E-state index in [1.165, 1.54) is 16.2 Å². The van der Waals surface area contributed by atoms with E-state index in [-0.39, 0.29) is 37.1 Å². The fraction of sp³-hybridized carbons (Fsp3) is 0.500. The van der Waals surface area contributed by atoms with Crippen molar-refractivity contribution in [3.8, 4) is 0 Å². The minimum Gasteiger partial charge on any atom is -0.379 e. The molecule has 5 rings (SSSR count). The molecule has 3 amide bonds. The summed E-state index contributed by atoms with van der Waals surface area (Å²) < 4.78 is 5.47. The Kier molecular flexibility index (Phi) is 6.81. The van der Waals surface area contributed by atoms with E-state index in [1.54, 1.807) is 0 Å². The van der Waals surface area contributed by atoms with Gasteiger partial charge in [0.05, 0.1) is 25.2 Å². The number of carbonyl (C=O) groups excluding carboxylic acids is 3. The second-order valence-electron chi connectivity index (χ2n) is 9.43. The van der Waals surface area contributed by atoms with Crippen molar-refractivity contribution in [3.63, 3.8) is 0 Å². The molecule has 3 fully saturated rings. The molecule has 4 heterocycles. The van der Waals surface area contributed by atoms with Crippen LogP contribution in [0.5, 0.6) is 0 Å². The van der Waals surface area contributed by atoms with E-state index in [2.05, 4.69) is 4.90 Å². The Morgan fingerprint density at radius 2 is 1.74 bits per heavy atom. The number of hydrogen-bond donors (Lipinski definition) is 0. The Morgan fingerprint density at radius 1 is 1.00 bits per heavy atom. The SMILES string of the molecule is O=C(C[C@]1(c2ccccc2)CC(=O)N(Cc2cccs2)C1=O)N1CCC(N2CCOCC2)CC1. The Bertz CT molecular complexity index is 1010. The summed E-state index contributed by atoms with van der Waals surface area (Å²) in [4.78, 5) is 47.0. The monoisotopic (exact) mass is 481 g/mol. The van der Waals surface area contributed by atoms with Crippen LogP contribution in [0.1, 0.15) is 36.1 Å². The molecule has 34 heavy (non-hydrogen) atoms. The zero-order chi connectivity index (χ0) is 23.5. The van der Waals surface area contributed by atoms with E-state index >= 15 is 0 Å². The van der Waals surface area contributed by atoms with Gasteiger partial charge in [-0.05, 0) is 29.9 Å². The lowest BCUT2D eigenvalue weighted by molar-refractivity contribution is -0.143. The number of amides is 3. The van der Waals surface area contributed by atoms with E-state index in [0.29, 0.717) is 19.1 Å². The van der Waals surface area contributed by atoms with Gasteiger partial charge in [-0.25, -0.2) is 0 Å². The van der Waals surface area contributed by atoms with E-state index in [1.807, 2.05) is 52.7 Å². The van der Waals surface area contributed by atoms with Crippen LogP contribution < -0.4 is 0 Å². The van der Waals surface area contributed by atoms with E-state index < -0.39 is 5.41 Å². The van der Waals surface area contributed by atoms with Crippen molar-refractivity contribution in [3.05, 3.63) is 58.3 Å². The maximum Gasteiger partial charge on any atom is 0.241 e. The highest BCUT2D eigenvalue weighted by Gasteiger charge is 2.54. The van der Waals surface area contributed by atoms with Gasteiger partial charge in [0.25, 0.3) is 0 Å². The number of ether oxygens (including phenoxy) is 1. The fourth-order valence-corrected chi connectivity index (χ4v) is 6.23. The minimum absolute atomic E-state index is 0.0325. The van der Waals surface area contributed by atoms with Gasteiger partial charge < -0.3 is 9.64 Å². The molecule has 1 aromatic carbocycles. The molecule has 0 unspecified atom stereocenters. The van der Waals surface area contributed by atoms with Gasteiger partial charge in [-0.1, -0.05) is 36.4 Å². The molecule has 0 N–H and O–H groups in total. The quantitative estimate of drug-likeness (QED) is 0.594. The van der Waals surface area contributed by atoms with Gasteiger partial charge in [0.1, 0.15) is 0 Å². The van der Waals surface area contributed by atoms with E-state index in [4.69, 9.17) is 4.74 Å². The van der Waals surface area contributed by atoms with E-state index in [9.17, 15) is 14.4 Å². The normalized spacial score (nSPS) is 24.7. The number of morpholine rings is 1. The summed E-state index contributed by atoms with van der Waals surface area (Å²) in [6.45, 7) is 5.09. The highest BCUT2D eigenvalue weighted by atomic mass is 32.1. The molecule has 0 spiro atoms. The van der Waals surface area contributed by atoms with Crippen LogP contribution >= 0.6 is 11.3 Å². The third kappa shape index (κ3) is 4.54. The van der Waals surface area contributed by atoms with Crippen molar-refractivity contribution in [1.82, 2.24) is 14.7 Å². The fourth-order valence-electron chi connectivity index (χ4n) is 5.54. The second-order valence-corrected chi connectivity index (χ2v) is 10.5. The van der Waals surface area contributed by atoms with Crippen LogP contribution in [0.2, 0.25) is 0 Å². The first-order valence-electron chi connectivity index (χ1n) is 12.1. The zero-order valence-corrected chi connectivity index (χ0v) is 20.2. The first kappa shape index (κ1) is 23.2. The number of benzene rings is 1. The summed E-state index contributed by atoms with van der Waals surface area (Å²) in [6, 6.07) is 13.7. The van der Waals surface area contributed by atoms with Gasteiger partial charge in [-0.15, -0.1) is 11.3 Å². The average molecular weight is 482 g/mol. The molecule has 2 aromatic rings. The van der Waals surface area contributed by atoms with Crippen molar-refractivity contribution >= 4 is 29.1 Å². The van der Waals surface area contributed by atoms with Crippen molar-refractivity contribution < 1.29 is 19.1 Å². The highest BCUT2D eigenvalue weighted by Crippen LogP contribution is 2.41. The van der Waals surface area contributed by atoms with Crippen LogP contribution in [-0.2, 0) is 31.1 Å². The Labute approximate surface area is 204 Å². The zero-order valence-electron chi connectivity index (χ0n) is 19.4. The number of imide groups is 1. The predicted octanol–water partition coefficient (Wildman–Crippen LogP) is 2.66. The molecule has 3 saturated heterocycles. The van der Waals surface area contributed by atoms with Crippen LogP contribution in [0, 0.1) is 0 Å². The van der Waals surface area contributed by atoms with Gasteiger partial charge in [0.15, 0.2) is 0 Å². The van der Waals surface area contributed by atoms with Crippen LogP contribution in [-0.4, -0.2) is 77.9 Å². The van der Waals surface area contributed by atoms with Crippen molar-refractivity contribution in [2.45, 2.75) is 43.7 Å². The predicted molar refractivity (Wildman–Crippen MR) is 129 cm³/mol. The number of nitrogens with zero attached hydrogens (tertiary/aromatic N) is 3. The summed E-state index contributed by atoms with van der Waals surface area (Å²) in [5.74, 6) is -0.502. The molecule has 0 radical (unpaired) electrons. The van der Waals surface area contributed by atoms with Gasteiger partial charge >= 0.3 is 0 Å². The maximum absolute atomic E-state index is 13.8. The third-order valence-corrected chi connectivity index (χ3v) is 8.32. The molecular weight excluding hydrogens is 450 g/mol. The molecule has 180 valence electrons. The Morgan fingerprint density at radius 3 is 2.41 bits per heavy atom. The van der Waals surface area contributed by atoms with Gasteiger partial charge in [0.2, 0.25) is 17.7 Å². The number of likely N-dealkylation sites (tertiary alicyclic amines) is 2. The molecule has 0 bridgehead atoms. The Hall–Kier alpha value is -2.55. The van der Waals surface area contributed by atoms with Crippen molar-refractivity contribution in [2.75, 3.05) is 39.4 Å². The lowest BCUT2D eigenvalue weighted by Crippen LogP contribution is -2.51. The minimum atomic E-state index is -1.13. The van der Waals surface area contributed by atoms with Crippen LogP contribution in [0.3, 0.4) is 0 Å². The lowest BCUT2D eigenvalue weighted by Gasteiger charge is -2.40. The maximum atomic E-state index is 13.8. The number of hydrogen-bond acceptors (Lipinski definition) is 6. The second kappa shape index (κ2) is 9.98. The van der Waals surface area contributed by atoms with Crippen molar-refractivity contribution in [2.24, 2.45) is 0 Å². The van der Waals surface area contributed by atoms with Crippen LogP contribution in [0.25, 0.3) is 0 Å². The highest BCUT2D eigenvalue weighted by molar-refractivity contribution is 7.09. The largest absolute Gasteiger partial charge is 0.379 e. The Balaban J connectivity index is 1.32. The molecular formula is C26H31N3O4S. The lowest BCUT2D eigenvalue weighted by atomic mass is 9.75. The standard InChI is InChI=1S/C26H31N3O4S/c30-23(28-10-8-21(9-11-28)27-12-14-33-15-13-27)17-26(20-5-2-1-3-6-20)18-24(31)29(25(26)32)19-22-7-4-16-34-22/h1-7,16,21H,8-15,17-19H2/t26-/m1/s1. The van der Waals surface area contributed by atoms with Crippen molar-refractivity contribution in [1.29, 1.82) is 0 Å². The summed E-state index contributed by atoms with van der Waals surface area (Å²) in [5.41, 5.74) is -0.383. The summed E-state index contributed by atoms with van der Waals surface area (Å²) in [6.07, 6.45) is 1.94. The molecule has 3 aliphatic rings. The molecule has 3 aliphatic heterocycles. The van der Waals surface area contributed by atoms with E-state index in [0.717, 1.165) is 49.6 Å². The van der Waals surface area contributed by atoms with Gasteiger partial charge in [-0.2, -0.15) is 0 Å². The number of piperidine rings is 1. The summed E-state index contributed by atoms with van der Waals surface area (Å²) in [5, 5.41) is 1.94.